The van der Waals surface area contributed by atoms with Crippen LogP contribution in [0, 0.1) is 24.6 Å². The van der Waals surface area contributed by atoms with Gasteiger partial charge in [-0.05, 0) is 25.1 Å². The van der Waals surface area contributed by atoms with Gasteiger partial charge < -0.3 is 0 Å². The molecule has 0 saturated heterocycles. The highest BCUT2D eigenvalue weighted by Gasteiger charge is 2.37. The van der Waals surface area contributed by atoms with Crippen molar-refractivity contribution in [2.75, 3.05) is 0 Å². The molecular weight excluding hydrogens is 255 g/mol. The summed E-state index contributed by atoms with van der Waals surface area (Å²) in [6, 6.07) is 3.87. The Morgan fingerprint density at radius 1 is 1.17 bits per heavy atom. The third kappa shape index (κ3) is 1.96. The molecule has 0 aliphatic heterocycles. The van der Waals surface area contributed by atoms with Crippen LogP contribution in [0.1, 0.15) is 11.3 Å². The summed E-state index contributed by atoms with van der Waals surface area (Å²) in [6.07, 6.45) is -4.67. The maximum absolute atomic E-state index is 13.4. The highest BCUT2D eigenvalue weighted by Crippen LogP contribution is 2.35. The predicted octanol–water partition coefficient (Wildman–Crippen LogP) is 3.48. The first kappa shape index (κ1) is 12.5. The van der Waals surface area contributed by atoms with Crippen molar-refractivity contribution in [1.29, 1.82) is 0 Å². The lowest BCUT2D eigenvalue weighted by atomic mass is 10.1. The summed E-state index contributed by atoms with van der Waals surface area (Å²) >= 11 is 0. The van der Waals surface area contributed by atoms with Gasteiger partial charge in [0.2, 0.25) is 0 Å². The SMILES string of the molecule is Cc1c(C(F)(F)F)n[nH]c1-c1c(F)c[c]cc1F. The van der Waals surface area contributed by atoms with Gasteiger partial charge in [-0.25, -0.2) is 8.78 Å². The third-order valence-electron chi connectivity index (χ3n) is 2.43. The summed E-state index contributed by atoms with van der Waals surface area (Å²) in [6.45, 7) is 1.09. The Bertz CT molecular complexity index is 565. The second-order valence-corrected chi connectivity index (χ2v) is 3.60. The van der Waals surface area contributed by atoms with Gasteiger partial charge >= 0.3 is 6.18 Å². The second kappa shape index (κ2) is 4.08. The Balaban J connectivity index is 2.64. The molecule has 0 aliphatic carbocycles. The molecule has 0 unspecified atom stereocenters. The van der Waals surface area contributed by atoms with Crippen molar-refractivity contribution in [3.05, 3.63) is 41.1 Å². The molecule has 1 radical (unpaired) electrons. The number of alkyl halides is 3. The molecule has 2 aromatic rings. The van der Waals surface area contributed by atoms with Gasteiger partial charge in [-0.2, -0.15) is 18.3 Å². The van der Waals surface area contributed by atoms with Gasteiger partial charge in [0, 0.05) is 5.56 Å². The molecule has 0 amide bonds. The lowest BCUT2D eigenvalue weighted by molar-refractivity contribution is -0.141. The van der Waals surface area contributed by atoms with Crippen molar-refractivity contribution >= 4 is 0 Å². The predicted molar refractivity (Wildman–Crippen MR) is 52.5 cm³/mol. The number of nitrogens with one attached hydrogen (secondary N) is 1. The van der Waals surface area contributed by atoms with E-state index in [0.717, 1.165) is 19.1 Å². The van der Waals surface area contributed by atoms with E-state index in [9.17, 15) is 22.0 Å². The Hall–Kier alpha value is -1.92. The Morgan fingerprint density at radius 3 is 2.17 bits per heavy atom. The zero-order valence-corrected chi connectivity index (χ0v) is 8.99. The molecule has 1 aromatic carbocycles. The number of nitrogens with zero attached hydrogens (tertiary/aromatic N) is 1. The first-order valence-corrected chi connectivity index (χ1v) is 4.80. The first-order chi connectivity index (χ1) is 8.32. The molecule has 1 aromatic heterocycles. The molecule has 18 heavy (non-hydrogen) atoms. The Labute approximate surface area is 98.4 Å². The normalized spacial score (nSPS) is 11.9. The van der Waals surface area contributed by atoms with Crippen molar-refractivity contribution in [1.82, 2.24) is 10.2 Å². The Morgan fingerprint density at radius 2 is 1.72 bits per heavy atom. The monoisotopic (exact) mass is 261 g/mol. The molecule has 1 N–H and O–H groups in total. The lowest BCUT2D eigenvalue weighted by Crippen LogP contribution is -2.07. The molecule has 0 aliphatic rings. The van der Waals surface area contributed by atoms with Crippen molar-refractivity contribution in [3.8, 4) is 11.3 Å². The van der Waals surface area contributed by atoms with E-state index < -0.39 is 29.1 Å². The van der Waals surface area contributed by atoms with E-state index in [2.05, 4.69) is 11.2 Å². The zero-order valence-electron chi connectivity index (χ0n) is 8.99. The van der Waals surface area contributed by atoms with Gasteiger partial charge in [-0.3, -0.25) is 5.10 Å². The van der Waals surface area contributed by atoms with Crippen LogP contribution >= 0.6 is 0 Å². The minimum Gasteiger partial charge on any atom is -0.277 e. The lowest BCUT2D eigenvalue weighted by Gasteiger charge is -2.05. The number of aromatic nitrogens is 2. The van der Waals surface area contributed by atoms with Crippen LogP contribution in [-0.2, 0) is 6.18 Å². The summed E-state index contributed by atoms with van der Waals surface area (Å²) < 4.78 is 64.4. The van der Waals surface area contributed by atoms with Gasteiger partial charge in [-0.15, -0.1) is 0 Å². The molecule has 1 heterocycles. The van der Waals surface area contributed by atoms with Gasteiger partial charge in [-0.1, -0.05) is 0 Å². The molecule has 0 saturated carbocycles. The summed E-state index contributed by atoms with van der Waals surface area (Å²) in [7, 11) is 0. The van der Waals surface area contributed by atoms with E-state index in [4.69, 9.17) is 0 Å². The van der Waals surface area contributed by atoms with E-state index in [-0.39, 0.29) is 11.3 Å². The number of benzene rings is 1. The highest BCUT2D eigenvalue weighted by molar-refractivity contribution is 5.65. The smallest absolute Gasteiger partial charge is 0.277 e. The average molecular weight is 261 g/mol. The van der Waals surface area contributed by atoms with E-state index in [1.54, 1.807) is 0 Å². The fourth-order valence-corrected chi connectivity index (χ4v) is 1.60. The largest absolute Gasteiger partial charge is 0.435 e. The van der Waals surface area contributed by atoms with Crippen LogP contribution in [-0.4, -0.2) is 10.2 Å². The van der Waals surface area contributed by atoms with Gasteiger partial charge in [0.1, 0.15) is 11.6 Å². The van der Waals surface area contributed by atoms with Crippen molar-refractivity contribution < 1.29 is 22.0 Å². The van der Waals surface area contributed by atoms with Crippen LogP contribution in [0.15, 0.2) is 12.1 Å². The third-order valence-corrected chi connectivity index (χ3v) is 2.43. The topological polar surface area (TPSA) is 28.7 Å². The summed E-state index contributed by atoms with van der Waals surface area (Å²) in [4.78, 5) is 0. The van der Waals surface area contributed by atoms with Crippen molar-refractivity contribution in [2.24, 2.45) is 0 Å². The first-order valence-electron chi connectivity index (χ1n) is 4.80. The summed E-state index contributed by atoms with van der Waals surface area (Å²) in [5.74, 6) is -2.01. The molecule has 0 bridgehead atoms. The summed E-state index contributed by atoms with van der Waals surface area (Å²) in [5, 5.41) is 5.07. The quantitative estimate of drug-likeness (QED) is 0.782. The summed E-state index contributed by atoms with van der Waals surface area (Å²) in [5.41, 5.74) is -2.45. The number of hydrogen-bond donors (Lipinski definition) is 1. The van der Waals surface area contributed by atoms with Gasteiger partial charge in [0.05, 0.1) is 11.3 Å². The van der Waals surface area contributed by atoms with Crippen LogP contribution in [0.25, 0.3) is 11.3 Å². The van der Waals surface area contributed by atoms with Crippen LogP contribution in [0.4, 0.5) is 22.0 Å². The maximum Gasteiger partial charge on any atom is 0.435 e. The zero-order chi connectivity index (χ0) is 13.5. The fraction of sp³-hybridized carbons (Fsp3) is 0.182. The Kier molecular flexibility index (Phi) is 2.84. The molecule has 0 atom stereocenters. The van der Waals surface area contributed by atoms with Crippen LogP contribution in [0.2, 0.25) is 0 Å². The average Bonchev–Trinajstić information content (AvgIpc) is 2.60. The number of aromatic amines is 1. The van der Waals surface area contributed by atoms with Gasteiger partial charge in [0.25, 0.3) is 0 Å². The standard InChI is InChI=1S/C11H6F5N2/c1-5-9(17-18-10(5)11(14,15)16)8-6(12)3-2-4-7(8)13/h3-4H,1H3,(H,17,18). The van der Waals surface area contributed by atoms with E-state index in [1.165, 1.54) is 0 Å². The molecular formula is C11H6F5N2. The number of H-pyrrole nitrogens is 1. The van der Waals surface area contributed by atoms with Crippen LogP contribution in [0.5, 0.6) is 0 Å². The molecule has 95 valence electrons. The molecule has 7 heteroatoms. The van der Waals surface area contributed by atoms with Crippen molar-refractivity contribution in [2.45, 2.75) is 13.1 Å². The second-order valence-electron chi connectivity index (χ2n) is 3.60. The fourth-order valence-electron chi connectivity index (χ4n) is 1.60. The van der Waals surface area contributed by atoms with E-state index in [0.29, 0.717) is 0 Å². The van der Waals surface area contributed by atoms with Crippen LogP contribution < -0.4 is 0 Å². The molecule has 0 spiro atoms. The number of halogens is 5. The molecule has 0 fully saturated rings. The van der Waals surface area contributed by atoms with E-state index >= 15 is 0 Å². The van der Waals surface area contributed by atoms with Crippen molar-refractivity contribution in [3.63, 3.8) is 0 Å². The minimum atomic E-state index is -4.67. The molecule has 2 rings (SSSR count). The van der Waals surface area contributed by atoms with Crippen LogP contribution in [0.3, 0.4) is 0 Å². The highest BCUT2D eigenvalue weighted by atomic mass is 19.4. The van der Waals surface area contributed by atoms with E-state index in [1.807, 2.05) is 5.10 Å². The van der Waals surface area contributed by atoms with Gasteiger partial charge in [0.15, 0.2) is 5.69 Å². The maximum atomic E-state index is 13.4. The minimum absolute atomic E-state index is 0.327. The number of hydrogen-bond acceptors (Lipinski definition) is 1. The molecule has 2 nitrogen and oxygen atoms in total. The number of rotatable bonds is 1.